The molecular weight excluding hydrogens is 625 g/mol. The van der Waals surface area contributed by atoms with Crippen molar-refractivity contribution in [2.45, 2.75) is 136 Å². The lowest BCUT2D eigenvalue weighted by Gasteiger charge is -2.58. The Morgan fingerprint density at radius 1 is 1.00 bits per heavy atom. The van der Waals surface area contributed by atoms with E-state index in [0.29, 0.717) is 30.1 Å². The Labute approximate surface area is 284 Å². The number of halogens is 3. The van der Waals surface area contributed by atoms with Gasteiger partial charge in [0.25, 0.3) is 0 Å². The van der Waals surface area contributed by atoms with Gasteiger partial charge in [-0.25, -0.2) is 0 Å². The first-order valence-electron chi connectivity index (χ1n) is 18.0. The summed E-state index contributed by atoms with van der Waals surface area (Å²) in [5.74, 6) is 1.77. The number of ether oxygens (including phenoxy) is 5. The van der Waals surface area contributed by atoms with E-state index in [-0.39, 0.29) is 30.1 Å². The second-order valence-corrected chi connectivity index (χ2v) is 15.4. The van der Waals surface area contributed by atoms with E-state index in [1.165, 1.54) is 50.7 Å². The van der Waals surface area contributed by atoms with Crippen molar-refractivity contribution < 1.29 is 46.4 Å². The van der Waals surface area contributed by atoms with Crippen LogP contribution in [0.5, 0.6) is 0 Å². The summed E-state index contributed by atoms with van der Waals surface area (Å²) in [6, 6.07) is 0. The van der Waals surface area contributed by atoms with Crippen molar-refractivity contribution in [3.8, 4) is 0 Å². The highest BCUT2D eigenvalue weighted by atomic mass is 19.4. The van der Waals surface area contributed by atoms with Gasteiger partial charge < -0.3 is 23.7 Å². The first kappa shape index (κ1) is 37.1. The fourth-order valence-corrected chi connectivity index (χ4v) is 10.0. The molecule has 3 fully saturated rings. The summed E-state index contributed by atoms with van der Waals surface area (Å²) in [4.78, 5) is 23.0. The Bertz CT molecular complexity index is 1240. The zero-order valence-electron chi connectivity index (χ0n) is 29.3. The number of rotatable bonds is 12. The summed E-state index contributed by atoms with van der Waals surface area (Å²) >= 11 is 0. The summed E-state index contributed by atoms with van der Waals surface area (Å²) < 4.78 is 64.8. The minimum absolute atomic E-state index is 0.0175. The smallest absolute Gasteiger partial charge is 0.411 e. The molecule has 4 aliphatic carbocycles. The van der Waals surface area contributed by atoms with Crippen LogP contribution in [0, 0.1) is 34.5 Å². The van der Waals surface area contributed by atoms with Crippen LogP contribution in [0.4, 0.5) is 13.2 Å². The first-order valence-corrected chi connectivity index (χ1v) is 18.0. The van der Waals surface area contributed by atoms with Gasteiger partial charge in [0.2, 0.25) is 0 Å². The van der Waals surface area contributed by atoms with Crippen LogP contribution in [0.15, 0.2) is 35.5 Å². The first-order chi connectivity index (χ1) is 22.7. The molecular formula is C38H55F3O7. The molecule has 0 amide bonds. The molecule has 1 unspecified atom stereocenters. The largest absolute Gasteiger partial charge is 0.463 e. The molecule has 0 radical (unpaired) electrons. The standard InChI is InChI=1S/C38H55F3O7/c1-24(9-7-6-8-20-44-23-38(39,40)41)30-12-13-31-29-11-10-27-21-28(16-18-36(27,4)32(29)17-19-37(30,31)5)47-35-15-14-33(46-26(3)43)34(48-35)22-45-25(2)42/h9-10,14-15,28-35H,6-8,11-13,16-23H2,1-5H3/b24-9+/t28-,29-,30+,31-,32-,33-,34+,35?,36-,37+/m0/s1. The van der Waals surface area contributed by atoms with E-state index in [0.717, 1.165) is 38.5 Å². The van der Waals surface area contributed by atoms with Gasteiger partial charge in [0.05, 0.1) is 6.10 Å². The minimum Gasteiger partial charge on any atom is -0.463 e. The zero-order valence-corrected chi connectivity index (χ0v) is 29.3. The maximum absolute atomic E-state index is 12.3. The number of alkyl halides is 3. The number of carbonyl (C=O) groups excluding carboxylic acids is 2. The fourth-order valence-electron chi connectivity index (χ4n) is 10.0. The zero-order chi connectivity index (χ0) is 34.7. The lowest BCUT2D eigenvalue weighted by molar-refractivity contribution is -0.213. The molecule has 1 heterocycles. The number of hydrogen-bond donors (Lipinski definition) is 0. The summed E-state index contributed by atoms with van der Waals surface area (Å²) in [6.45, 7) is 8.93. The van der Waals surface area contributed by atoms with Crippen molar-refractivity contribution in [3.05, 3.63) is 35.5 Å². The third-order valence-electron chi connectivity index (χ3n) is 12.3. The molecule has 0 aromatic carbocycles. The molecule has 0 spiro atoms. The van der Waals surface area contributed by atoms with E-state index < -0.39 is 43.2 Å². The Balaban J connectivity index is 1.16. The van der Waals surface area contributed by atoms with E-state index in [1.54, 1.807) is 12.2 Å². The molecule has 0 aromatic rings. The third-order valence-corrected chi connectivity index (χ3v) is 12.3. The molecule has 0 aromatic heterocycles. The predicted molar refractivity (Wildman–Crippen MR) is 175 cm³/mol. The van der Waals surface area contributed by atoms with E-state index in [2.05, 4.69) is 32.9 Å². The molecule has 270 valence electrons. The lowest BCUT2D eigenvalue weighted by Crippen LogP contribution is -2.51. The van der Waals surface area contributed by atoms with Gasteiger partial charge in [-0.15, -0.1) is 0 Å². The van der Waals surface area contributed by atoms with Crippen LogP contribution < -0.4 is 0 Å². The molecule has 10 atom stereocenters. The summed E-state index contributed by atoms with van der Waals surface area (Å²) in [6.07, 6.45) is 13.7. The van der Waals surface area contributed by atoms with Crippen LogP contribution in [0.3, 0.4) is 0 Å². The number of allylic oxidation sites excluding steroid dienone is 3. The van der Waals surface area contributed by atoms with E-state index in [9.17, 15) is 22.8 Å². The number of fused-ring (bicyclic) bond motifs is 5. The van der Waals surface area contributed by atoms with Gasteiger partial charge in [0.1, 0.15) is 25.4 Å². The Morgan fingerprint density at radius 3 is 2.52 bits per heavy atom. The maximum Gasteiger partial charge on any atom is 0.411 e. The molecule has 1 aliphatic heterocycles. The van der Waals surface area contributed by atoms with E-state index >= 15 is 0 Å². The fraction of sp³-hybridized carbons (Fsp3) is 0.789. The van der Waals surface area contributed by atoms with E-state index in [1.807, 2.05) is 0 Å². The Hall–Kier alpha value is -2.17. The monoisotopic (exact) mass is 680 g/mol. The van der Waals surface area contributed by atoms with Crippen LogP contribution in [-0.2, 0) is 33.3 Å². The number of esters is 2. The highest BCUT2D eigenvalue weighted by Crippen LogP contribution is 2.67. The molecule has 10 heteroatoms. The van der Waals surface area contributed by atoms with Crippen molar-refractivity contribution in [1.82, 2.24) is 0 Å². The minimum atomic E-state index is -4.26. The maximum atomic E-state index is 12.3. The van der Waals surface area contributed by atoms with Gasteiger partial charge in [-0.1, -0.05) is 37.1 Å². The molecule has 3 saturated carbocycles. The SMILES string of the molecule is CC(=O)OC[C@H]1OC(O[C@H]2CC[C@@]3(C)C(=CC[C@H]4[C@@H]5CC[C@H](/C(C)=C/CCCCOCC(F)(F)F)[C@@]5(C)CC[C@@H]43)C2)C=C[C@@H]1OC(C)=O. The van der Waals surface area contributed by atoms with Crippen LogP contribution in [0.2, 0.25) is 0 Å². The Morgan fingerprint density at radius 2 is 1.79 bits per heavy atom. The van der Waals surface area contributed by atoms with Gasteiger partial charge in [-0.3, -0.25) is 9.59 Å². The summed E-state index contributed by atoms with van der Waals surface area (Å²) in [7, 11) is 0. The molecule has 0 N–H and O–H groups in total. The quantitative estimate of drug-likeness (QED) is 0.116. The van der Waals surface area contributed by atoms with Crippen LogP contribution in [0.25, 0.3) is 0 Å². The van der Waals surface area contributed by atoms with Gasteiger partial charge in [-0.2, -0.15) is 13.2 Å². The topological polar surface area (TPSA) is 80.3 Å². The Kier molecular flexibility index (Phi) is 11.9. The highest BCUT2D eigenvalue weighted by molar-refractivity contribution is 5.66. The average molecular weight is 681 g/mol. The van der Waals surface area contributed by atoms with Crippen molar-refractivity contribution in [3.63, 3.8) is 0 Å². The molecule has 5 aliphatic rings. The van der Waals surface area contributed by atoms with Gasteiger partial charge >= 0.3 is 18.1 Å². The number of unbranched alkanes of at least 4 members (excludes halogenated alkanes) is 2. The molecule has 0 bridgehead atoms. The third kappa shape index (κ3) is 8.58. The second kappa shape index (κ2) is 15.4. The van der Waals surface area contributed by atoms with Crippen LogP contribution in [0.1, 0.15) is 105 Å². The second-order valence-electron chi connectivity index (χ2n) is 15.4. The van der Waals surface area contributed by atoms with E-state index in [4.69, 9.17) is 23.7 Å². The van der Waals surface area contributed by atoms with Crippen molar-refractivity contribution in [2.75, 3.05) is 19.8 Å². The highest BCUT2D eigenvalue weighted by Gasteiger charge is 2.58. The van der Waals surface area contributed by atoms with Crippen molar-refractivity contribution in [2.24, 2.45) is 34.5 Å². The molecule has 7 nitrogen and oxygen atoms in total. The number of hydrogen-bond acceptors (Lipinski definition) is 7. The number of carbonyl (C=O) groups is 2. The van der Waals surface area contributed by atoms with Crippen molar-refractivity contribution in [1.29, 1.82) is 0 Å². The lowest BCUT2D eigenvalue weighted by atomic mass is 9.47. The summed E-state index contributed by atoms with van der Waals surface area (Å²) in [5, 5.41) is 0. The molecule has 0 saturated heterocycles. The predicted octanol–water partition coefficient (Wildman–Crippen LogP) is 8.42. The van der Waals surface area contributed by atoms with Crippen LogP contribution >= 0.6 is 0 Å². The van der Waals surface area contributed by atoms with Crippen LogP contribution in [-0.4, -0.2) is 62.5 Å². The van der Waals surface area contributed by atoms with Gasteiger partial charge in [0.15, 0.2) is 6.29 Å². The average Bonchev–Trinajstić information content (AvgIpc) is 3.37. The van der Waals surface area contributed by atoms with Gasteiger partial charge in [0, 0.05) is 20.5 Å². The molecule has 5 rings (SSSR count). The molecule has 48 heavy (non-hydrogen) atoms. The van der Waals surface area contributed by atoms with Crippen molar-refractivity contribution >= 4 is 11.9 Å². The van der Waals surface area contributed by atoms with Gasteiger partial charge in [-0.05, 0) is 124 Å². The normalized spacial score (nSPS) is 38.0. The summed E-state index contributed by atoms with van der Waals surface area (Å²) in [5.41, 5.74) is 3.43.